The molecule has 5 nitrogen and oxygen atoms in total. The quantitative estimate of drug-likeness (QED) is 0.876. The van der Waals surface area contributed by atoms with Crippen LogP contribution in [0.25, 0.3) is 0 Å². The maximum Gasteiger partial charge on any atom is 0.360 e. The Hall–Kier alpha value is -2.08. The number of carbonyl (C=O) groups is 1. The number of methoxy groups -OCH3 is 1. The third-order valence-electron chi connectivity index (χ3n) is 2.51. The molecule has 1 heterocycles. The number of hydrogen-bond acceptors (Lipinski definition) is 4. The number of nitrogens with zero attached hydrogens (tertiary/aromatic N) is 2. The molecule has 0 aliphatic rings. The van der Waals surface area contributed by atoms with Crippen molar-refractivity contribution in [1.82, 2.24) is 9.78 Å². The van der Waals surface area contributed by atoms with Crippen LogP contribution in [0.3, 0.4) is 0 Å². The van der Waals surface area contributed by atoms with Gasteiger partial charge in [0, 0.05) is 11.2 Å². The molecule has 7 heteroatoms. The first-order valence-electron chi connectivity index (χ1n) is 5.36. The van der Waals surface area contributed by atoms with Crippen LogP contribution in [-0.2, 0) is 11.3 Å². The van der Waals surface area contributed by atoms with Crippen molar-refractivity contribution in [1.29, 1.82) is 0 Å². The average Bonchev–Trinajstić information content (AvgIpc) is 2.74. The molecule has 1 aromatic carbocycles. The number of aromatic nitrogens is 2. The number of carbonyl (C=O) groups excluding carboxylic acids is 1. The van der Waals surface area contributed by atoms with Gasteiger partial charge in [-0.1, -0.05) is 11.6 Å². The molecule has 0 aliphatic heterocycles. The van der Waals surface area contributed by atoms with E-state index < -0.39 is 11.8 Å². The van der Waals surface area contributed by atoms with Gasteiger partial charge in [0.25, 0.3) is 0 Å². The molecular formula is C12H11ClFN3O2. The lowest BCUT2D eigenvalue weighted by molar-refractivity contribution is 0.0594. The summed E-state index contributed by atoms with van der Waals surface area (Å²) < 4.78 is 19.1. The van der Waals surface area contributed by atoms with E-state index >= 15 is 0 Å². The number of esters is 1. The fraction of sp³-hybridized carbons (Fsp3) is 0.167. The normalized spacial score (nSPS) is 10.5. The molecule has 0 saturated heterocycles. The Morgan fingerprint density at radius 3 is 3.00 bits per heavy atom. The van der Waals surface area contributed by atoms with Crippen LogP contribution >= 0.6 is 11.6 Å². The fourth-order valence-corrected chi connectivity index (χ4v) is 1.79. The number of nitrogens with two attached hydrogens (primary N) is 1. The van der Waals surface area contributed by atoms with Gasteiger partial charge in [0.1, 0.15) is 5.82 Å². The van der Waals surface area contributed by atoms with Gasteiger partial charge >= 0.3 is 5.97 Å². The molecule has 19 heavy (non-hydrogen) atoms. The van der Waals surface area contributed by atoms with E-state index in [1.165, 1.54) is 36.2 Å². The first kappa shape index (κ1) is 13.4. The van der Waals surface area contributed by atoms with E-state index in [9.17, 15) is 9.18 Å². The zero-order valence-electron chi connectivity index (χ0n) is 10.1. The van der Waals surface area contributed by atoms with Gasteiger partial charge in [0.05, 0.1) is 19.3 Å². The second-order valence-electron chi connectivity index (χ2n) is 3.86. The molecule has 2 N–H and O–H groups in total. The number of anilines is 1. The molecule has 0 spiro atoms. The van der Waals surface area contributed by atoms with Gasteiger partial charge in [-0.3, -0.25) is 4.68 Å². The zero-order chi connectivity index (χ0) is 14.0. The average molecular weight is 284 g/mol. The smallest absolute Gasteiger partial charge is 0.360 e. The Bertz CT molecular complexity index is 627. The molecule has 0 fully saturated rings. The van der Waals surface area contributed by atoms with Crippen LogP contribution < -0.4 is 5.73 Å². The summed E-state index contributed by atoms with van der Waals surface area (Å²) >= 11 is 5.95. The van der Waals surface area contributed by atoms with E-state index in [-0.39, 0.29) is 17.9 Å². The third-order valence-corrected chi connectivity index (χ3v) is 2.88. The lowest BCUT2D eigenvalue weighted by atomic mass is 10.2. The first-order valence-corrected chi connectivity index (χ1v) is 5.74. The molecular weight excluding hydrogens is 273 g/mol. The van der Waals surface area contributed by atoms with E-state index in [0.29, 0.717) is 10.6 Å². The summed E-state index contributed by atoms with van der Waals surface area (Å²) in [5.41, 5.74) is 6.41. The molecule has 0 unspecified atom stereocenters. The van der Waals surface area contributed by atoms with Crippen LogP contribution in [0.4, 0.5) is 10.1 Å². The maximum absolute atomic E-state index is 13.1. The minimum atomic E-state index is -0.624. The largest absolute Gasteiger partial charge is 0.464 e. The van der Waals surface area contributed by atoms with Crippen molar-refractivity contribution in [3.05, 3.63) is 46.5 Å². The Balaban J connectivity index is 2.29. The summed E-state index contributed by atoms with van der Waals surface area (Å²) in [4.78, 5) is 11.4. The minimum absolute atomic E-state index is 0.0232. The Labute approximate surface area is 113 Å². The predicted molar refractivity (Wildman–Crippen MR) is 68.5 cm³/mol. The Morgan fingerprint density at radius 1 is 1.58 bits per heavy atom. The van der Waals surface area contributed by atoms with Crippen LogP contribution in [0.1, 0.15) is 16.1 Å². The summed E-state index contributed by atoms with van der Waals surface area (Å²) in [6, 6.07) is 4.03. The number of nitrogen functional groups attached to an aromatic ring is 1. The summed E-state index contributed by atoms with van der Waals surface area (Å²) in [5, 5.41) is 4.39. The van der Waals surface area contributed by atoms with Crippen LogP contribution in [0.2, 0.25) is 5.02 Å². The second-order valence-corrected chi connectivity index (χ2v) is 4.27. The van der Waals surface area contributed by atoms with Gasteiger partial charge in [-0.05, 0) is 23.8 Å². The van der Waals surface area contributed by atoms with Crippen molar-refractivity contribution in [2.45, 2.75) is 6.54 Å². The van der Waals surface area contributed by atoms with E-state index in [2.05, 4.69) is 9.84 Å². The van der Waals surface area contributed by atoms with Crippen LogP contribution in [0.15, 0.2) is 24.4 Å². The Morgan fingerprint density at radius 2 is 2.32 bits per heavy atom. The highest BCUT2D eigenvalue weighted by Crippen LogP contribution is 2.19. The summed E-state index contributed by atoms with van der Waals surface area (Å²) in [5.74, 6) is -1.02. The number of hydrogen-bond donors (Lipinski definition) is 1. The fourth-order valence-electron chi connectivity index (χ4n) is 1.61. The van der Waals surface area contributed by atoms with Crippen molar-refractivity contribution in [2.75, 3.05) is 12.8 Å². The zero-order valence-corrected chi connectivity index (χ0v) is 10.8. The van der Waals surface area contributed by atoms with Gasteiger partial charge in [0.2, 0.25) is 0 Å². The van der Waals surface area contributed by atoms with Gasteiger partial charge in [-0.25, -0.2) is 9.18 Å². The molecule has 0 saturated carbocycles. The molecule has 1 aromatic heterocycles. The molecule has 0 radical (unpaired) electrons. The highest BCUT2D eigenvalue weighted by Gasteiger charge is 2.15. The van der Waals surface area contributed by atoms with Crippen molar-refractivity contribution in [3.8, 4) is 0 Å². The molecule has 0 aliphatic carbocycles. The summed E-state index contributed by atoms with van der Waals surface area (Å²) in [7, 11) is 1.24. The summed E-state index contributed by atoms with van der Waals surface area (Å²) in [6.45, 7) is 0.206. The van der Waals surface area contributed by atoms with Gasteiger partial charge in [0.15, 0.2) is 5.69 Å². The lowest BCUT2D eigenvalue weighted by Gasteiger charge is -2.04. The van der Waals surface area contributed by atoms with E-state index in [1.54, 1.807) is 0 Å². The monoisotopic (exact) mass is 283 g/mol. The topological polar surface area (TPSA) is 70.1 Å². The lowest BCUT2D eigenvalue weighted by Crippen LogP contribution is -2.07. The number of benzene rings is 1. The Kier molecular flexibility index (Phi) is 3.71. The number of ether oxygens (including phenoxy) is 1. The molecule has 100 valence electrons. The highest BCUT2D eigenvalue weighted by atomic mass is 35.5. The SMILES string of the molecule is COC(=O)c1nn(Cc2cc(F)ccc2Cl)cc1N. The van der Waals surface area contributed by atoms with E-state index in [4.69, 9.17) is 17.3 Å². The predicted octanol–water partition coefficient (Wildman–Crippen LogP) is 2.09. The van der Waals surface area contributed by atoms with Gasteiger partial charge in [-0.15, -0.1) is 0 Å². The van der Waals surface area contributed by atoms with Crippen molar-refractivity contribution < 1.29 is 13.9 Å². The van der Waals surface area contributed by atoms with Gasteiger partial charge < -0.3 is 10.5 Å². The molecule has 2 rings (SSSR count). The second kappa shape index (κ2) is 5.27. The van der Waals surface area contributed by atoms with Crippen LogP contribution in [0.5, 0.6) is 0 Å². The van der Waals surface area contributed by atoms with Gasteiger partial charge in [-0.2, -0.15) is 5.10 Å². The maximum atomic E-state index is 13.1. The highest BCUT2D eigenvalue weighted by molar-refractivity contribution is 6.31. The molecule has 0 bridgehead atoms. The number of rotatable bonds is 3. The van der Waals surface area contributed by atoms with Crippen LogP contribution in [-0.4, -0.2) is 22.9 Å². The first-order chi connectivity index (χ1) is 9.01. The van der Waals surface area contributed by atoms with Crippen molar-refractivity contribution >= 4 is 23.3 Å². The summed E-state index contributed by atoms with van der Waals surface area (Å²) in [6.07, 6.45) is 1.47. The molecule has 2 aromatic rings. The van der Waals surface area contributed by atoms with Crippen molar-refractivity contribution in [3.63, 3.8) is 0 Å². The minimum Gasteiger partial charge on any atom is -0.464 e. The number of halogens is 2. The van der Waals surface area contributed by atoms with Crippen molar-refractivity contribution in [2.24, 2.45) is 0 Å². The third kappa shape index (κ3) is 2.85. The molecule has 0 atom stereocenters. The standard InChI is InChI=1S/C12H11ClFN3O2/c1-19-12(18)11-10(15)6-17(16-11)5-7-4-8(14)2-3-9(7)13/h2-4,6H,5,15H2,1H3. The van der Waals surface area contributed by atoms with Crippen LogP contribution in [0, 0.1) is 5.82 Å². The van der Waals surface area contributed by atoms with E-state index in [0.717, 1.165) is 0 Å². The molecule has 0 amide bonds. The van der Waals surface area contributed by atoms with E-state index in [1.807, 2.05) is 0 Å².